The predicted molar refractivity (Wildman–Crippen MR) is 75.3 cm³/mol. The van der Waals surface area contributed by atoms with Gasteiger partial charge in [-0.3, -0.25) is 9.78 Å². The molecule has 0 aromatic carbocycles. The van der Waals surface area contributed by atoms with E-state index in [9.17, 15) is 9.59 Å². The van der Waals surface area contributed by atoms with Crippen LogP contribution in [-0.4, -0.2) is 40.6 Å². The molecule has 1 unspecified atom stereocenters. The van der Waals surface area contributed by atoms with Crippen molar-refractivity contribution in [3.63, 3.8) is 0 Å². The lowest BCUT2D eigenvalue weighted by atomic mass is 10.1. The molecule has 0 aliphatic rings. The number of hydrogen-bond donors (Lipinski definition) is 2. The smallest absolute Gasteiger partial charge is 0.317 e. The molecule has 6 heteroatoms. The van der Waals surface area contributed by atoms with Gasteiger partial charge in [0.2, 0.25) is 0 Å². The van der Waals surface area contributed by atoms with Gasteiger partial charge in [-0.15, -0.1) is 0 Å². The van der Waals surface area contributed by atoms with E-state index >= 15 is 0 Å². The second-order valence-electron chi connectivity index (χ2n) is 5.02. The van der Waals surface area contributed by atoms with Crippen molar-refractivity contribution in [2.24, 2.45) is 5.92 Å². The summed E-state index contributed by atoms with van der Waals surface area (Å²) in [7, 11) is 1.68. The molecule has 0 saturated carbocycles. The van der Waals surface area contributed by atoms with Crippen LogP contribution in [0.3, 0.4) is 0 Å². The third-order valence-corrected chi connectivity index (χ3v) is 2.82. The topological polar surface area (TPSA) is 82.5 Å². The highest BCUT2D eigenvalue weighted by Gasteiger charge is 2.12. The molecule has 0 bridgehead atoms. The molecule has 0 saturated heterocycles. The first-order valence-corrected chi connectivity index (χ1v) is 6.51. The van der Waals surface area contributed by atoms with Crippen LogP contribution in [0.25, 0.3) is 0 Å². The minimum atomic E-state index is -0.857. The number of hydrogen-bond acceptors (Lipinski definition) is 3. The predicted octanol–water partition coefficient (Wildman–Crippen LogP) is 1.64. The van der Waals surface area contributed by atoms with Crippen molar-refractivity contribution in [2.75, 3.05) is 13.6 Å². The summed E-state index contributed by atoms with van der Waals surface area (Å²) in [6.07, 6.45) is 0.0451. The van der Waals surface area contributed by atoms with Gasteiger partial charge < -0.3 is 15.3 Å². The average molecular weight is 279 g/mol. The van der Waals surface area contributed by atoms with E-state index in [1.807, 2.05) is 25.1 Å². The standard InChI is InChI=1S/C14H21N3O3/c1-10(7-13(18)19)8-15-14(20)17(3)9-12-6-4-5-11(2)16-12/h4-6,10H,7-9H2,1-3H3,(H,15,20)(H,18,19). The van der Waals surface area contributed by atoms with Gasteiger partial charge in [0, 0.05) is 25.7 Å². The zero-order valence-corrected chi connectivity index (χ0v) is 12.1. The molecule has 0 radical (unpaired) electrons. The highest BCUT2D eigenvalue weighted by atomic mass is 16.4. The Kier molecular flexibility index (Phi) is 5.96. The summed E-state index contributed by atoms with van der Waals surface area (Å²) in [5.74, 6) is -0.953. The second kappa shape index (κ2) is 7.47. The molecule has 20 heavy (non-hydrogen) atoms. The number of aryl methyl sites for hydroxylation is 1. The van der Waals surface area contributed by atoms with Crippen molar-refractivity contribution in [1.82, 2.24) is 15.2 Å². The van der Waals surface area contributed by atoms with Gasteiger partial charge in [0.05, 0.1) is 12.2 Å². The minimum Gasteiger partial charge on any atom is -0.481 e. The van der Waals surface area contributed by atoms with Crippen molar-refractivity contribution in [3.8, 4) is 0 Å². The Balaban J connectivity index is 2.41. The number of rotatable bonds is 6. The van der Waals surface area contributed by atoms with E-state index in [0.717, 1.165) is 11.4 Å². The summed E-state index contributed by atoms with van der Waals surface area (Å²) in [4.78, 5) is 28.2. The molecular weight excluding hydrogens is 258 g/mol. The zero-order chi connectivity index (χ0) is 15.1. The number of carbonyl (C=O) groups excluding carboxylic acids is 1. The van der Waals surface area contributed by atoms with E-state index < -0.39 is 5.97 Å². The van der Waals surface area contributed by atoms with Crippen molar-refractivity contribution >= 4 is 12.0 Å². The Labute approximate surface area is 118 Å². The average Bonchev–Trinajstić information content (AvgIpc) is 2.35. The second-order valence-corrected chi connectivity index (χ2v) is 5.02. The van der Waals surface area contributed by atoms with Crippen LogP contribution in [0.2, 0.25) is 0 Å². The van der Waals surface area contributed by atoms with Crippen molar-refractivity contribution in [2.45, 2.75) is 26.8 Å². The lowest BCUT2D eigenvalue weighted by Crippen LogP contribution is -2.39. The number of nitrogens with zero attached hydrogens (tertiary/aromatic N) is 2. The monoisotopic (exact) mass is 279 g/mol. The van der Waals surface area contributed by atoms with E-state index in [2.05, 4.69) is 10.3 Å². The molecule has 2 N–H and O–H groups in total. The molecule has 0 aliphatic carbocycles. The van der Waals surface area contributed by atoms with Gasteiger partial charge >= 0.3 is 12.0 Å². The molecule has 1 atom stereocenters. The van der Waals surface area contributed by atoms with Crippen molar-refractivity contribution in [1.29, 1.82) is 0 Å². The first kappa shape index (κ1) is 15.9. The largest absolute Gasteiger partial charge is 0.481 e. The summed E-state index contributed by atoms with van der Waals surface area (Å²) in [6, 6.07) is 5.44. The molecule has 1 aromatic heterocycles. The van der Waals surface area contributed by atoms with Crippen LogP contribution < -0.4 is 5.32 Å². The summed E-state index contributed by atoms with van der Waals surface area (Å²) < 4.78 is 0. The fourth-order valence-corrected chi connectivity index (χ4v) is 1.77. The summed E-state index contributed by atoms with van der Waals surface area (Å²) in [6.45, 7) is 4.45. The quantitative estimate of drug-likeness (QED) is 0.829. The van der Waals surface area contributed by atoms with Crippen LogP contribution >= 0.6 is 0 Å². The Bertz CT molecular complexity index is 476. The van der Waals surface area contributed by atoms with E-state index in [1.54, 1.807) is 14.0 Å². The van der Waals surface area contributed by atoms with Gasteiger partial charge in [0.1, 0.15) is 0 Å². The summed E-state index contributed by atoms with van der Waals surface area (Å²) in [5.41, 5.74) is 1.73. The highest BCUT2D eigenvalue weighted by molar-refractivity contribution is 5.74. The van der Waals surface area contributed by atoms with Gasteiger partial charge in [0.15, 0.2) is 0 Å². The summed E-state index contributed by atoms with van der Waals surface area (Å²) >= 11 is 0. The van der Waals surface area contributed by atoms with Crippen LogP contribution in [0, 0.1) is 12.8 Å². The Morgan fingerprint density at radius 1 is 1.45 bits per heavy atom. The van der Waals surface area contributed by atoms with Gasteiger partial charge in [-0.05, 0) is 25.0 Å². The van der Waals surface area contributed by atoms with E-state index in [-0.39, 0.29) is 18.4 Å². The normalized spacial score (nSPS) is 11.8. The van der Waals surface area contributed by atoms with Gasteiger partial charge in [-0.2, -0.15) is 0 Å². The molecule has 6 nitrogen and oxygen atoms in total. The maximum absolute atomic E-state index is 11.9. The third-order valence-electron chi connectivity index (χ3n) is 2.82. The number of carboxylic acids is 1. The first-order chi connectivity index (χ1) is 9.38. The lowest BCUT2D eigenvalue weighted by molar-refractivity contribution is -0.137. The lowest BCUT2D eigenvalue weighted by Gasteiger charge is -2.19. The molecule has 110 valence electrons. The Hall–Kier alpha value is -2.11. The third kappa shape index (κ3) is 5.69. The minimum absolute atomic E-state index is 0.0451. The molecule has 0 aliphatic heterocycles. The Morgan fingerprint density at radius 2 is 2.15 bits per heavy atom. The molecule has 1 rings (SSSR count). The highest BCUT2D eigenvalue weighted by Crippen LogP contribution is 2.03. The van der Waals surface area contributed by atoms with Crippen LogP contribution in [0.15, 0.2) is 18.2 Å². The molecular formula is C14H21N3O3. The molecule has 0 fully saturated rings. The fraction of sp³-hybridized carbons (Fsp3) is 0.500. The Morgan fingerprint density at radius 3 is 2.75 bits per heavy atom. The molecule has 1 aromatic rings. The SMILES string of the molecule is Cc1cccc(CN(C)C(=O)NCC(C)CC(=O)O)n1. The first-order valence-electron chi connectivity index (χ1n) is 6.51. The van der Waals surface area contributed by atoms with Crippen molar-refractivity contribution in [3.05, 3.63) is 29.6 Å². The number of amides is 2. The summed E-state index contributed by atoms with van der Waals surface area (Å²) in [5, 5.41) is 11.4. The number of nitrogens with one attached hydrogen (secondary N) is 1. The van der Waals surface area contributed by atoms with Gasteiger partial charge in [-0.25, -0.2) is 4.79 Å². The number of aromatic nitrogens is 1. The van der Waals surface area contributed by atoms with Crippen LogP contribution in [0.5, 0.6) is 0 Å². The van der Waals surface area contributed by atoms with E-state index in [0.29, 0.717) is 13.1 Å². The number of carbonyl (C=O) groups is 2. The number of pyridine rings is 1. The molecule has 2 amide bonds. The maximum atomic E-state index is 11.9. The van der Waals surface area contributed by atoms with Crippen LogP contribution in [0.4, 0.5) is 4.79 Å². The van der Waals surface area contributed by atoms with Crippen LogP contribution in [-0.2, 0) is 11.3 Å². The number of carboxylic acid groups (broad SMARTS) is 1. The van der Waals surface area contributed by atoms with Crippen LogP contribution in [0.1, 0.15) is 24.7 Å². The van der Waals surface area contributed by atoms with E-state index in [4.69, 9.17) is 5.11 Å². The molecule has 0 spiro atoms. The van der Waals surface area contributed by atoms with Gasteiger partial charge in [-0.1, -0.05) is 13.0 Å². The maximum Gasteiger partial charge on any atom is 0.317 e. The van der Waals surface area contributed by atoms with Gasteiger partial charge in [0.25, 0.3) is 0 Å². The van der Waals surface area contributed by atoms with E-state index in [1.165, 1.54) is 4.90 Å². The zero-order valence-electron chi connectivity index (χ0n) is 12.1. The number of urea groups is 1. The van der Waals surface area contributed by atoms with Crippen molar-refractivity contribution < 1.29 is 14.7 Å². The number of aliphatic carboxylic acids is 1. The fourth-order valence-electron chi connectivity index (χ4n) is 1.77. The molecule has 1 heterocycles.